The van der Waals surface area contributed by atoms with Crippen molar-refractivity contribution in [2.24, 2.45) is 0 Å². The Morgan fingerprint density at radius 3 is 2.41 bits per heavy atom. The van der Waals surface area contributed by atoms with Gasteiger partial charge < -0.3 is 15.4 Å². The van der Waals surface area contributed by atoms with Crippen LogP contribution in [0.15, 0.2) is 42.5 Å². The fourth-order valence-electron chi connectivity index (χ4n) is 2.72. The molecule has 0 unspecified atom stereocenters. The first-order valence-corrected chi connectivity index (χ1v) is 9.01. The van der Waals surface area contributed by atoms with Crippen LogP contribution >= 0.6 is 11.6 Å². The molecule has 8 heteroatoms. The molecule has 5 nitrogen and oxygen atoms in total. The van der Waals surface area contributed by atoms with Crippen LogP contribution in [0, 0.1) is 25.5 Å². The standard InChI is InChI=1S/C21H18ClF2N3O2/c1-11-8-13(23)4-5-17(11)26-19-10-15(22)16(24)9-14(19)21(28)27-18-6-7-20(29-3)25-12(18)2/h4-10,26H,1-3H3,(H,27,28). The predicted molar refractivity (Wildman–Crippen MR) is 109 cm³/mol. The van der Waals surface area contributed by atoms with E-state index >= 15 is 0 Å². The molecule has 0 aliphatic heterocycles. The monoisotopic (exact) mass is 417 g/mol. The van der Waals surface area contributed by atoms with Gasteiger partial charge in [-0.3, -0.25) is 4.79 Å². The Labute approximate surface area is 171 Å². The summed E-state index contributed by atoms with van der Waals surface area (Å²) in [6, 6.07) is 9.76. The van der Waals surface area contributed by atoms with E-state index in [0.29, 0.717) is 28.5 Å². The zero-order chi connectivity index (χ0) is 21.1. The summed E-state index contributed by atoms with van der Waals surface area (Å²) in [4.78, 5) is 17.1. The van der Waals surface area contributed by atoms with E-state index < -0.39 is 11.7 Å². The van der Waals surface area contributed by atoms with Crippen LogP contribution in [-0.2, 0) is 0 Å². The van der Waals surface area contributed by atoms with Crippen LogP contribution in [0.25, 0.3) is 0 Å². The molecule has 0 saturated heterocycles. The normalized spacial score (nSPS) is 10.6. The molecule has 0 saturated carbocycles. The maximum atomic E-state index is 14.1. The number of rotatable bonds is 5. The summed E-state index contributed by atoms with van der Waals surface area (Å²) in [5.41, 5.74) is 2.48. The minimum Gasteiger partial charge on any atom is -0.481 e. The van der Waals surface area contributed by atoms with Crippen LogP contribution in [0.4, 0.5) is 25.8 Å². The molecule has 2 aromatic carbocycles. The number of amides is 1. The van der Waals surface area contributed by atoms with Crippen molar-refractivity contribution < 1.29 is 18.3 Å². The Morgan fingerprint density at radius 2 is 1.76 bits per heavy atom. The number of pyridine rings is 1. The molecule has 0 atom stereocenters. The molecule has 3 rings (SSSR count). The Kier molecular flexibility index (Phi) is 5.98. The Morgan fingerprint density at radius 1 is 1.03 bits per heavy atom. The number of carbonyl (C=O) groups excluding carboxylic acids is 1. The van der Waals surface area contributed by atoms with Crippen LogP contribution in [0.2, 0.25) is 5.02 Å². The molecule has 0 spiro atoms. The van der Waals surface area contributed by atoms with Crippen molar-refractivity contribution >= 4 is 34.6 Å². The van der Waals surface area contributed by atoms with Crippen molar-refractivity contribution in [2.75, 3.05) is 17.7 Å². The molecular formula is C21H18ClF2N3O2. The number of ether oxygens (including phenoxy) is 1. The topological polar surface area (TPSA) is 63.2 Å². The molecule has 1 amide bonds. The summed E-state index contributed by atoms with van der Waals surface area (Å²) in [5.74, 6) is -1.27. The molecule has 1 aromatic heterocycles. The Balaban J connectivity index is 1.95. The lowest BCUT2D eigenvalue weighted by atomic mass is 10.1. The number of nitrogens with one attached hydrogen (secondary N) is 2. The highest BCUT2D eigenvalue weighted by molar-refractivity contribution is 6.31. The van der Waals surface area contributed by atoms with Gasteiger partial charge >= 0.3 is 0 Å². The van der Waals surface area contributed by atoms with Crippen LogP contribution in [0.1, 0.15) is 21.6 Å². The van der Waals surface area contributed by atoms with E-state index in [1.165, 1.54) is 31.4 Å². The third kappa shape index (κ3) is 4.63. The number of hydrogen-bond acceptors (Lipinski definition) is 4. The van der Waals surface area contributed by atoms with Gasteiger partial charge in [0.1, 0.15) is 11.6 Å². The summed E-state index contributed by atoms with van der Waals surface area (Å²) >= 11 is 5.91. The molecule has 0 fully saturated rings. The second kappa shape index (κ2) is 8.45. The molecule has 0 aliphatic rings. The van der Waals surface area contributed by atoms with Crippen LogP contribution in [0.5, 0.6) is 5.88 Å². The molecule has 1 heterocycles. The summed E-state index contributed by atoms with van der Waals surface area (Å²) in [6.45, 7) is 3.42. The molecule has 2 N–H and O–H groups in total. The zero-order valence-corrected chi connectivity index (χ0v) is 16.7. The van der Waals surface area contributed by atoms with E-state index in [4.69, 9.17) is 16.3 Å². The van der Waals surface area contributed by atoms with Gasteiger partial charge in [0.2, 0.25) is 5.88 Å². The largest absolute Gasteiger partial charge is 0.481 e. The first-order valence-electron chi connectivity index (χ1n) is 8.63. The van der Waals surface area contributed by atoms with Gasteiger partial charge in [-0.25, -0.2) is 13.8 Å². The van der Waals surface area contributed by atoms with Crippen molar-refractivity contribution in [1.29, 1.82) is 0 Å². The highest BCUT2D eigenvalue weighted by atomic mass is 35.5. The number of halogens is 3. The van der Waals surface area contributed by atoms with Gasteiger partial charge in [0.25, 0.3) is 5.91 Å². The second-order valence-electron chi connectivity index (χ2n) is 6.34. The lowest BCUT2D eigenvalue weighted by molar-refractivity contribution is 0.102. The van der Waals surface area contributed by atoms with Gasteiger partial charge in [0.05, 0.1) is 34.8 Å². The van der Waals surface area contributed by atoms with Gasteiger partial charge in [-0.2, -0.15) is 0 Å². The molecule has 3 aromatic rings. The maximum Gasteiger partial charge on any atom is 0.257 e. The second-order valence-corrected chi connectivity index (χ2v) is 6.74. The van der Waals surface area contributed by atoms with Crippen molar-refractivity contribution in [1.82, 2.24) is 4.98 Å². The van der Waals surface area contributed by atoms with Gasteiger partial charge in [0, 0.05) is 11.8 Å². The van der Waals surface area contributed by atoms with Crippen LogP contribution in [0.3, 0.4) is 0 Å². The number of hydrogen-bond donors (Lipinski definition) is 2. The molecule has 150 valence electrons. The first-order chi connectivity index (χ1) is 13.8. The number of nitrogens with zero attached hydrogens (tertiary/aromatic N) is 1. The number of benzene rings is 2. The minimum atomic E-state index is -0.734. The molecule has 0 bridgehead atoms. The SMILES string of the molecule is COc1ccc(NC(=O)c2cc(F)c(Cl)cc2Nc2ccc(F)cc2C)c(C)n1. The lowest BCUT2D eigenvalue weighted by Gasteiger charge is -2.16. The smallest absolute Gasteiger partial charge is 0.257 e. The molecule has 29 heavy (non-hydrogen) atoms. The quantitative estimate of drug-likeness (QED) is 0.564. The van der Waals surface area contributed by atoms with Crippen molar-refractivity contribution in [2.45, 2.75) is 13.8 Å². The number of anilines is 3. The third-order valence-electron chi connectivity index (χ3n) is 4.28. The lowest BCUT2D eigenvalue weighted by Crippen LogP contribution is -2.16. The van der Waals surface area contributed by atoms with Gasteiger partial charge in [0.15, 0.2) is 0 Å². The maximum absolute atomic E-state index is 14.1. The third-order valence-corrected chi connectivity index (χ3v) is 4.57. The van der Waals surface area contributed by atoms with Crippen molar-refractivity contribution in [3.05, 3.63) is 75.9 Å². The summed E-state index contributed by atoms with van der Waals surface area (Å²) < 4.78 is 32.5. The zero-order valence-electron chi connectivity index (χ0n) is 15.9. The fourth-order valence-corrected chi connectivity index (χ4v) is 2.89. The minimum absolute atomic E-state index is 0.0332. The Bertz CT molecular complexity index is 1090. The highest BCUT2D eigenvalue weighted by Crippen LogP contribution is 2.30. The fraction of sp³-hybridized carbons (Fsp3) is 0.143. The van der Waals surface area contributed by atoms with Gasteiger partial charge in [-0.15, -0.1) is 0 Å². The summed E-state index contributed by atoms with van der Waals surface area (Å²) in [7, 11) is 1.49. The molecule has 0 radical (unpaired) electrons. The predicted octanol–water partition coefficient (Wildman–Crippen LogP) is 5.63. The average Bonchev–Trinajstić information content (AvgIpc) is 2.68. The van der Waals surface area contributed by atoms with E-state index in [0.717, 1.165) is 6.07 Å². The van der Waals surface area contributed by atoms with E-state index in [1.807, 2.05) is 0 Å². The van der Waals surface area contributed by atoms with Crippen molar-refractivity contribution in [3.8, 4) is 5.88 Å². The molecule has 0 aliphatic carbocycles. The number of aromatic nitrogens is 1. The van der Waals surface area contributed by atoms with E-state index in [2.05, 4.69) is 15.6 Å². The van der Waals surface area contributed by atoms with Gasteiger partial charge in [-0.1, -0.05) is 11.6 Å². The Hall–Kier alpha value is -3.19. The summed E-state index contributed by atoms with van der Waals surface area (Å²) in [6.07, 6.45) is 0. The van der Waals surface area contributed by atoms with Crippen molar-refractivity contribution in [3.63, 3.8) is 0 Å². The summed E-state index contributed by atoms with van der Waals surface area (Å²) in [5, 5.41) is 5.58. The average molecular weight is 418 g/mol. The van der Waals surface area contributed by atoms with Crippen LogP contribution in [-0.4, -0.2) is 18.0 Å². The first kappa shape index (κ1) is 20.5. The number of methoxy groups -OCH3 is 1. The van der Waals surface area contributed by atoms with Crippen LogP contribution < -0.4 is 15.4 Å². The van der Waals surface area contributed by atoms with E-state index in [-0.39, 0.29) is 22.1 Å². The number of aryl methyl sites for hydroxylation is 2. The van der Waals surface area contributed by atoms with E-state index in [9.17, 15) is 13.6 Å². The van der Waals surface area contributed by atoms with E-state index in [1.54, 1.807) is 26.0 Å². The number of carbonyl (C=O) groups is 1. The highest BCUT2D eigenvalue weighted by Gasteiger charge is 2.18. The molecular weight excluding hydrogens is 400 g/mol. The van der Waals surface area contributed by atoms with Gasteiger partial charge in [-0.05, 0) is 55.8 Å².